The minimum absolute atomic E-state index is 0.219. The molecule has 0 saturated heterocycles. The number of hydrogen-bond acceptors (Lipinski definition) is 2. The Hall–Kier alpha value is -0.870. The number of sulfonamides is 1. The summed E-state index contributed by atoms with van der Waals surface area (Å²) in [6.45, 7) is 2.70. The van der Waals surface area contributed by atoms with Gasteiger partial charge in [0.1, 0.15) is 0 Å². The fraction of sp³-hybridized carbons (Fsp3) is 0.571. The molecular weight excluding hydrogens is 246 g/mol. The van der Waals surface area contributed by atoms with Gasteiger partial charge in [0, 0.05) is 12.6 Å². The van der Waals surface area contributed by atoms with E-state index in [-0.39, 0.29) is 4.90 Å². The molecule has 0 aliphatic heterocycles. The Morgan fingerprint density at radius 3 is 2.50 bits per heavy atom. The highest BCUT2D eigenvalue weighted by molar-refractivity contribution is 7.89. The molecular formula is C14H22NO2S. The molecule has 1 radical (unpaired) electrons. The third-order valence-electron chi connectivity index (χ3n) is 2.79. The first-order valence-electron chi connectivity index (χ1n) is 6.63. The average Bonchev–Trinajstić information content (AvgIpc) is 2.39. The van der Waals surface area contributed by atoms with Crippen LogP contribution in [0.5, 0.6) is 0 Å². The Kier molecular flexibility index (Phi) is 6.98. The lowest BCUT2D eigenvalue weighted by molar-refractivity contribution is 0.567. The van der Waals surface area contributed by atoms with Crippen LogP contribution in [0.3, 0.4) is 0 Å². The molecule has 0 unspecified atom stereocenters. The van der Waals surface area contributed by atoms with E-state index in [4.69, 9.17) is 0 Å². The molecule has 1 aromatic carbocycles. The fourth-order valence-corrected chi connectivity index (χ4v) is 2.78. The third-order valence-corrected chi connectivity index (χ3v) is 4.21. The number of nitrogens with one attached hydrogen (secondary N) is 1. The summed E-state index contributed by atoms with van der Waals surface area (Å²) in [4.78, 5) is 0.219. The van der Waals surface area contributed by atoms with Gasteiger partial charge in [0.25, 0.3) is 0 Å². The predicted molar refractivity (Wildman–Crippen MR) is 73.8 cm³/mol. The van der Waals surface area contributed by atoms with Crippen molar-refractivity contribution < 1.29 is 8.42 Å². The van der Waals surface area contributed by atoms with Gasteiger partial charge in [-0.05, 0) is 12.5 Å². The van der Waals surface area contributed by atoms with E-state index >= 15 is 0 Å². The van der Waals surface area contributed by atoms with Gasteiger partial charge in [-0.25, -0.2) is 13.1 Å². The second kappa shape index (κ2) is 8.27. The predicted octanol–water partition coefficient (Wildman–Crippen LogP) is 3.13. The zero-order valence-corrected chi connectivity index (χ0v) is 11.8. The number of benzene rings is 1. The van der Waals surface area contributed by atoms with Crippen molar-refractivity contribution in [3.8, 4) is 0 Å². The fourth-order valence-electron chi connectivity index (χ4n) is 1.73. The topological polar surface area (TPSA) is 46.2 Å². The molecule has 3 nitrogen and oxygen atoms in total. The van der Waals surface area contributed by atoms with Crippen molar-refractivity contribution in [1.29, 1.82) is 0 Å². The normalized spacial score (nSPS) is 11.6. The molecule has 18 heavy (non-hydrogen) atoms. The van der Waals surface area contributed by atoms with Gasteiger partial charge in [-0.15, -0.1) is 0 Å². The standard InChI is InChI=1S/C14H22NO2S/c1-2-3-4-5-6-10-13-15-18(16,17)14-11-8-7-9-12-14/h7-9,11,15H,2-6,10,13H2,1H3. The molecule has 0 heterocycles. The molecule has 0 fully saturated rings. The van der Waals surface area contributed by atoms with E-state index in [2.05, 4.69) is 17.7 Å². The first-order chi connectivity index (χ1) is 8.67. The summed E-state index contributed by atoms with van der Waals surface area (Å²) in [5, 5.41) is 0. The highest BCUT2D eigenvalue weighted by Gasteiger charge is 2.11. The van der Waals surface area contributed by atoms with Gasteiger partial charge in [-0.2, -0.15) is 0 Å². The number of hydrogen-bond donors (Lipinski definition) is 1. The van der Waals surface area contributed by atoms with Crippen molar-refractivity contribution in [3.63, 3.8) is 0 Å². The summed E-state index contributed by atoms with van der Waals surface area (Å²) in [6.07, 6.45) is 6.92. The minimum atomic E-state index is -3.36. The lowest BCUT2D eigenvalue weighted by atomic mass is 10.1. The van der Waals surface area contributed by atoms with Gasteiger partial charge >= 0.3 is 0 Å². The molecule has 101 valence electrons. The van der Waals surface area contributed by atoms with E-state index in [1.165, 1.54) is 25.7 Å². The van der Waals surface area contributed by atoms with Gasteiger partial charge in [0.15, 0.2) is 0 Å². The molecule has 0 aliphatic rings. The Labute approximate surface area is 111 Å². The van der Waals surface area contributed by atoms with Crippen LogP contribution in [0.1, 0.15) is 45.4 Å². The Morgan fingerprint density at radius 2 is 1.83 bits per heavy atom. The van der Waals surface area contributed by atoms with Gasteiger partial charge in [0.05, 0.1) is 4.90 Å². The molecule has 1 N–H and O–H groups in total. The van der Waals surface area contributed by atoms with Gasteiger partial charge in [-0.3, -0.25) is 0 Å². The second-order valence-electron chi connectivity index (χ2n) is 4.39. The molecule has 0 aliphatic carbocycles. The van der Waals surface area contributed by atoms with Crippen LogP contribution in [-0.4, -0.2) is 15.0 Å². The monoisotopic (exact) mass is 268 g/mol. The SMILES string of the molecule is CCCCCCCCNS(=O)(=O)c1[c]cccc1. The average molecular weight is 268 g/mol. The lowest BCUT2D eigenvalue weighted by Crippen LogP contribution is -2.24. The summed E-state index contributed by atoms with van der Waals surface area (Å²) >= 11 is 0. The molecule has 0 spiro atoms. The maximum atomic E-state index is 11.8. The van der Waals surface area contributed by atoms with Crippen LogP contribution in [0.4, 0.5) is 0 Å². The van der Waals surface area contributed by atoms with Gasteiger partial charge in [-0.1, -0.05) is 57.2 Å². The second-order valence-corrected chi connectivity index (χ2v) is 6.13. The molecule has 1 aromatic rings. The van der Waals surface area contributed by atoms with Crippen LogP contribution < -0.4 is 4.72 Å². The molecule has 0 bridgehead atoms. The van der Waals surface area contributed by atoms with E-state index < -0.39 is 10.0 Å². The van der Waals surface area contributed by atoms with E-state index in [0.29, 0.717) is 6.54 Å². The van der Waals surface area contributed by atoms with E-state index in [1.54, 1.807) is 24.3 Å². The van der Waals surface area contributed by atoms with Crippen LogP contribution in [-0.2, 0) is 10.0 Å². The van der Waals surface area contributed by atoms with Crippen molar-refractivity contribution in [2.45, 2.75) is 50.3 Å². The van der Waals surface area contributed by atoms with Crippen molar-refractivity contribution in [3.05, 3.63) is 30.3 Å². The zero-order chi connectivity index (χ0) is 13.3. The van der Waals surface area contributed by atoms with Crippen LogP contribution >= 0.6 is 0 Å². The van der Waals surface area contributed by atoms with Crippen LogP contribution in [0.2, 0.25) is 0 Å². The number of rotatable bonds is 9. The minimum Gasteiger partial charge on any atom is -0.211 e. The van der Waals surface area contributed by atoms with Crippen molar-refractivity contribution in [2.24, 2.45) is 0 Å². The first-order valence-corrected chi connectivity index (χ1v) is 8.11. The molecule has 4 heteroatoms. The van der Waals surface area contributed by atoms with Gasteiger partial charge in [0.2, 0.25) is 10.0 Å². The Morgan fingerprint density at radius 1 is 1.11 bits per heavy atom. The maximum absolute atomic E-state index is 11.8. The summed E-state index contributed by atoms with van der Waals surface area (Å²) in [5.41, 5.74) is 0. The Bertz CT molecular complexity index is 415. The Balaban J connectivity index is 2.23. The zero-order valence-electron chi connectivity index (χ0n) is 11.0. The van der Waals surface area contributed by atoms with Crippen LogP contribution in [0, 0.1) is 6.07 Å². The maximum Gasteiger partial charge on any atom is 0.241 e. The molecule has 0 atom stereocenters. The van der Waals surface area contributed by atoms with Crippen molar-refractivity contribution in [2.75, 3.05) is 6.54 Å². The quantitative estimate of drug-likeness (QED) is 0.699. The molecule has 0 saturated carbocycles. The largest absolute Gasteiger partial charge is 0.241 e. The van der Waals surface area contributed by atoms with Gasteiger partial charge < -0.3 is 0 Å². The first kappa shape index (κ1) is 15.2. The summed E-state index contributed by atoms with van der Waals surface area (Å²) in [6, 6.07) is 9.36. The highest BCUT2D eigenvalue weighted by Crippen LogP contribution is 2.07. The summed E-state index contributed by atoms with van der Waals surface area (Å²) < 4.78 is 26.3. The third kappa shape index (κ3) is 5.65. The van der Waals surface area contributed by atoms with Crippen LogP contribution in [0.25, 0.3) is 0 Å². The van der Waals surface area contributed by atoms with Crippen LogP contribution in [0.15, 0.2) is 29.2 Å². The molecule has 0 aromatic heterocycles. The molecule has 0 amide bonds. The van der Waals surface area contributed by atoms with E-state index in [1.807, 2.05) is 0 Å². The van der Waals surface area contributed by atoms with E-state index in [0.717, 1.165) is 12.8 Å². The smallest absolute Gasteiger partial charge is 0.211 e. The highest BCUT2D eigenvalue weighted by atomic mass is 32.2. The lowest BCUT2D eigenvalue weighted by Gasteiger charge is -2.06. The van der Waals surface area contributed by atoms with Crippen molar-refractivity contribution >= 4 is 10.0 Å². The molecule has 1 rings (SSSR count). The summed E-state index contributed by atoms with van der Waals surface area (Å²) in [7, 11) is -3.36. The van der Waals surface area contributed by atoms with Crippen molar-refractivity contribution in [1.82, 2.24) is 4.72 Å². The van der Waals surface area contributed by atoms with E-state index in [9.17, 15) is 8.42 Å². The summed E-state index contributed by atoms with van der Waals surface area (Å²) in [5.74, 6) is 0. The number of unbranched alkanes of at least 4 members (excludes halogenated alkanes) is 5.